The van der Waals surface area contributed by atoms with E-state index in [0.717, 1.165) is 16.4 Å². The van der Waals surface area contributed by atoms with Gasteiger partial charge in [-0.2, -0.15) is 0 Å². The maximum absolute atomic E-state index is 4.95. The van der Waals surface area contributed by atoms with Gasteiger partial charge in [-0.25, -0.2) is 4.98 Å². The van der Waals surface area contributed by atoms with E-state index in [9.17, 15) is 0 Å². The van der Waals surface area contributed by atoms with Crippen molar-refractivity contribution in [3.63, 3.8) is 0 Å². The molecule has 0 saturated carbocycles. The summed E-state index contributed by atoms with van der Waals surface area (Å²) in [6.07, 6.45) is 1.58. The fourth-order valence-electron chi connectivity index (χ4n) is 0.893. The summed E-state index contributed by atoms with van der Waals surface area (Å²) in [4.78, 5) is 7.56. The Labute approximate surface area is 78.1 Å². The van der Waals surface area contributed by atoms with Gasteiger partial charge in [0.2, 0.25) is 0 Å². The van der Waals surface area contributed by atoms with Crippen molar-refractivity contribution in [3.8, 4) is 11.4 Å². The van der Waals surface area contributed by atoms with Gasteiger partial charge in [-0.15, -0.1) is 11.3 Å². The number of aryl methyl sites for hydroxylation is 1. The molecule has 3 nitrogen and oxygen atoms in total. The Morgan fingerprint density at radius 1 is 1.67 bits per heavy atom. The number of hydrogen-bond acceptors (Lipinski definition) is 4. The molecule has 0 fully saturated rings. The van der Waals surface area contributed by atoms with Crippen molar-refractivity contribution in [2.24, 2.45) is 0 Å². The van der Waals surface area contributed by atoms with Gasteiger partial charge in [0.15, 0.2) is 0 Å². The van der Waals surface area contributed by atoms with Gasteiger partial charge in [-0.05, 0) is 19.1 Å². The van der Waals surface area contributed by atoms with Crippen molar-refractivity contribution >= 4 is 23.6 Å². The van der Waals surface area contributed by atoms with Crippen LogP contribution in [0.3, 0.4) is 0 Å². The first-order valence-corrected chi connectivity index (χ1v) is 4.65. The second kappa shape index (κ2) is 2.84. The molecule has 12 heavy (non-hydrogen) atoms. The highest BCUT2D eigenvalue weighted by Gasteiger charge is 2.03. The van der Waals surface area contributed by atoms with Crippen LogP contribution in [-0.4, -0.2) is 9.97 Å². The smallest absolute Gasteiger partial charge is 0.266 e. The predicted molar refractivity (Wildman–Crippen MR) is 49.7 cm³/mol. The van der Waals surface area contributed by atoms with Crippen molar-refractivity contribution in [1.29, 1.82) is 0 Å². The van der Waals surface area contributed by atoms with Gasteiger partial charge in [-0.3, -0.25) is 0 Å². The standard InChI is InChI=1S/C7H6N2OS2/c1-4-8-6(3-12-4)5-2-10-7(11)9-5/h2-3H,1H3,(H,9,11). The van der Waals surface area contributed by atoms with Crippen LogP contribution in [0.2, 0.25) is 0 Å². The molecule has 0 unspecified atom stereocenters. The molecule has 0 spiro atoms. The lowest BCUT2D eigenvalue weighted by Gasteiger charge is -1.84. The van der Waals surface area contributed by atoms with Gasteiger partial charge in [0, 0.05) is 5.38 Å². The molecule has 0 atom stereocenters. The van der Waals surface area contributed by atoms with Gasteiger partial charge in [0.05, 0.1) is 5.01 Å². The number of nitrogens with one attached hydrogen (secondary N) is 1. The zero-order valence-electron chi connectivity index (χ0n) is 6.33. The van der Waals surface area contributed by atoms with Crippen LogP contribution in [0.25, 0.3) is 11.4 Å². The van der Waals surface area contributed by atoms with Crippen LogP contribution >= 0.6 is 23.6 Å². The van der Waals surface area contributed by atoms with E-state index < -0.39 is 0 Å². The summed E-state index contributed by atoms with van der Waals surface area (Å²) in [6.45, 7) is 1.96. The van der Waals surface area contributed by atoms with Gasteiger partial charge in [0.25, 0.3) is 4.84 Å². The number of oxazole rings is 1. The highest BCUT2D eigenvalue weighted by Crippen LogP contribution is 2.19. The highest BCUT2D eigenvalue weighted by atomic mass is 32.1. The first kappa shape index (κ1) is 7.70. The molecule has 0 aliphatic heterocycles. The first-order valence-electron chi connectivity index (χ1n) is 3.36. The summed E-state index contributed by atoms with van der Waals surface area (Å²) < 4.78 is 4.95. The molecule has 1 N–H and O–H groups in total. The van der Waals surface area contributed by atoms with Crippen molar-refractivity contribution in [2.45, 2.75) is 6.92 Å². The van der Waals surface area contributed by atoms with Crippen LogP contribution in [0.1, 0.15) is 5.01 Å². The fourth-order valence-corrected chi connectivity index (χ4v) is 1.66. The third-order valence-corrected chi connectivity index (χ3v) is 2.39. The Balaban J connectivity index is 2.50. The lowest BCUT2D eigenvalue weighted by atomic mass is 10.4. The number of rotatable bonds is 1. The highest BCUT2D eigenvalue weighted by molar-refractivity contribution is 7.71. The van der Waals surface area contributed by atoms with Crippen LogP contribution in [-0.2, 0) is 0 Å². The number of H-pyrrole nitrogens is 1. The van der Waals surface area contributed by atoms with Crippen LogP contribution in [0, 0.1) is 11.8 Å². The Morgan fingerprint density at radius 3 is 3.00 bits per heavy atom. The second-order valence-corrected chi connectivity index (χ2v) is 3.75. The number of aromatic nitrogens is 2. The molecule has 0 saturated heterocycles. The van der Waals surface area contributed by atoms with Crippen LogP contribution in [0.4, 0.5) is 0 Å². The Hall–Kier alpha value is -0.940. The average Bonchev–Trinajstić information content (AvgIpc) is 2.58. The third kappa shape index (κ3) is 1.33. The van der Waals surface area contributed by atoms with Crippen LogP contribution < -0.4 is 0 Å². The van der Waals surface area contributed by atoms with Crippen LogP contribution in [0.5, 0.6) is 0 Å². The zero-order valence-corrected chi connectivity index (χ0v) is 7.96. The second-order valence-electron chi connectivity index (χ2n) is 2.31. The van der Waals surface area contributed by atoms with E-state index in [2.05, 4.69) is 9.97 Å². The van der Waals surface area contributed by atoms with E-state index in [0.29, 0.717) is 4.84 Å². The molecule has 2 rings (SSSR count). The SMILES string of the molecule is Cc1nc(-c2coc(=S)[nH]2)cs1. The predicted octanol–water partition coefficient (Wildman–Crippen LogP) is 2.77. The molecule has 0 aliphatic carbocycles. The molecule has 62 valence electrons. The largest absolute Gasteiger partial charge is 0.437 e. The normalized spacial score (nSPS) is 10.4. The quantitative estimate of drug-likeness (QED) is 0.716. The minimum Gasteiger partial charge on any atom is -0.437 e. The number of hydrogen-bond donors (Lipinski definition) is 1. The maximum Gasteiger partial charge on any atom is 0.266 e. The first-order chi connectivity index (χ1) is 5.75. The van der Waals surface area contributed by atoms with E-state index in [1.807, 2.05) is 12.3 Å². The van der Waals surface area contributed by atoms with Gasteiger partial charge in [-0.1, -0.05) is 0 Å². The van der Waals surface area contributed by atoms with E-state index in [-0.39, 0.29) is 0 Å². The fraction of sp³-hybridized carbons (Fsp3) is 0.143. The molecular weight excluding hydrogens is 192 g/mol. The molecule has 0 amide bonds. The molecular formula is C7H6N2OS2. The van der Waals surface area contributed by atoms with Crippen molar-refractivity contribution in [2.75, 3.05) is 0 Å². The average molecular weight is 198 g/mol. The summed E-state index contributed by atoms with van der Waals surface area (Å²) in [5.41, 5.74) is 1.72. The van der Waals surface area contributed by atoms with Gasteiger partial charge < -0.3 is 9.40 Å². The number of thiazole rings is 1. The summed E-state index contributed by atoms with van der Waals surface area (Å²) in [5, 5.41) is 3.00. The Morgan fingerprint density at radius 2 is 2.50 bits per heavy atom. The van der Waals surface area contributed by atoms with Crippen LogP contribution in [0.15, 0.2) is 16.1 Å². The molecule has 0 aliphatic rings. The Bertz CT molecular complexity index is 440. The molecule has 2 aromatic heterocycles. The van der Waals surface area contributed by atoms with Gasteiger partial charge in [0.1, 0.15) is 17.7 Å². The summed E-state index contributed by atoms with van der Waals surface area (Å²) in [7, 11) is 0. The van der Waals surface area contributed by atoms with E-state index in [1.54, 1.807) is 17.6 Å². The number of nitrogens with zero attached hydrogens (tertiary/aromatic N) is 1. The summed E-state index contributed by atoms with van der Waals surface area (Å²) in [5.74, 6) is 0. The van der Waals surface area contributed by atoms with E-state index >= 15 is 0 Å². The topological polar surface area (TPSA) is 41.8 Å². The third-order valence-electron chi connectivity index (χ3n) is 1.42. The lowest BCUT2D eigenvalue weighted by Crippen LogP contribution is -1.76. The van der Waals surface area contributed by atoms with E-state index in [1.165, 1.54) is 0 Å². The monoisotopic (exact) mass is 198 g/mol. The van der Waals surface area contributed by atoms with Crippen molar-refractivity contribution < 1.29 is 4.42 Å². The molecule has 5 heteroatoms. The summed E-state index contributed by atoms with van der Waals surface area (Å²) in [6, 6.07) is 0. The minimum absolute atomic E-state index is 0.385. The summed E-state index contributed by atoms with van der Waals surface area (Å²) >= 11 is 6.39. The molecule has 0 radical (unpaired) electrons. The molecule has 0 aromatic carbocycles. The lowest BCUT2D eigenvalue weighted by molar-refractivity contribution is 0.541. The zero-order chi connectivity index (χ0) is 8.55. The number of aromatic amines is 1. The van der Waals surface area contributed by atoms with Crippen molar-refractivity contribution in [3.05, 3.63) is 21.5 Å². The molecule has 0 bridgehead atoms. The van der Waals surface area contributed by atoms with E-state index in [4.69, 9.17) is 16.6 Å². The minimum atomic E-state index is 0.385. The molecule has 2 aromatic rings. The maximum atomic E-state index is 4.95. The Kier molecular flexibility index (Phi) is 1.82. The molecule has 2 heterocycles. The van der Waals surface area contributed by atoms with Crippen molar-refractivity contribution in [1.82, 2.24) is 9.97 Å². The van der Waals surface area contributed by atoms with Gasteiger partial charge >= 0.3 is 0 Å².